The molecule has 1 saturated carbocycles. The average Bonchev–Trinajstić information content (AvgIpc) is 3.39. The van der Waals surface area contributed by atoms with Gasteiger partial charge in [-0.3, -0.25) is 9.36 Å². The van der Waals surface area contributed by atoms with Gasteiger partial charge in [0.05, 0.1) is 23.9 Å². The molecule has 7 nitrogen and oxygen atoms in total. The molecule has 1 aliphatic rings. The van der Waals surface area contributed by atoms with Crippen LogP contribution >= 0.6 is 0 Å². The minimum absolute atomic E-state index is 0.0160. The molecule has 0 saturated heterocycles. The lowest BCUT2D eigenvalue weighted by molar-refractivity contribution is 0.126. The number of para-hydroxylation sites is 1. The minimum Gasteiger partial charge on any atom is -0.487 e. The molecule has 0 atom stereocenters. The van der Waals surface area contributed by atoms with E-state index >= 15 is 0 Å². The van der Waals surface area contributed by atoms with Crippen LogP contribution in [0, 0.1) is 5.82 Å². The Morgan fingerprint density at radius 3 is 2.65 bits per heavy atom. The predicted octanol–water partition coefficient (Wildman–Crippen LogP) is 4.58. The number of pyridine rings is 1. The van der Waals surface area contributed by atoms with Crippen molar-refractivity contribution in [2.75, 3.05) is 12.4 Å². The molecule has 0 amide bonds. The predicted molar refractivity (Wildman–Crippen MR) is 118 cm³/mol. The van der Waals surface area contributed by atoms with Crippen LogP contribution in [0.4, 0.5) is 10.2 Å². The Morgan fingerprint density at radius 1 is 1.13 bits per heavy atom. The van der Waals surface area contributed by atoms with E-state index < -0.39 is 0 Å². The van der Waals surface area contributed by atoms with Crippen LogP contribution < -0.4 is 10.1 Å². The van der Waals surface area contributed by atoms with Crippen molar-refractivity contribution in [1.82, 2.24) is 24.5 Å². The van der Waals surface area contributed by atoms with Gasteiger partial charge in [-0.25, -0.2) is 9.37 Å². The normalized spacial score (nSPS) is 18.9. The van der Waals surface area contributed by atoms with Crippen molar-refractivity contribution < 1.29 is 9.13 Å². The molecule has 5 rings (SSSR count). The van der Waals surface area contributed by atoms with E-state index in [0.29, 0.717) is 5.75 Å². The summed E-state index contributed by atoms with van der Waals surface area (Å²) in [4.78, 5) is 4.50. The molecule has 1 aliphatic carbocycles. The number of fused-ring (bicyclic) bond motifs is 1. The number of rotatable bonds is 5. The average molecular weight is 420 g/mol. The van der Waals surface area contributed by atoms with Crippen molar-refractivity contribution in [2.24, 2.45) is 7.05 Å². The number of aromatic nitrogens is 5. The summed E-state index contributed by atoms with van der Waals surface area (Å²) in [6.45, 7) is 0. The van der Waals surface area contributed by atoms with Crippen molar-refractivity contribution in [3.8, 4) is 17.0 Å². The molecule has 3 heterocycles. The fraction of sp³-hybridized carbons (Fsp3) is 0.348. The van der Waals surface area contributed by atoms with Crippen LogP contribution in [0.5, 0.6) is 5.75 Å². The quantitative estimate of drug-likeness (QED) is 0.512. The third kappa shape index (κ3) is 3.73. The maximum Gasteiger partial charge on any atom is 0.165 e. The summed E-state index contributed by atoms with van der Waals surface area (Å²) in [5, 5.41) is 13.4. The summed E-state index contributed by atoms with van der Waals surface area (Å²) < 4.78 is 23.8. The van der Waals surface area contributed by atoms with Crippen LogP contribution in [0.3, 0.4) is 0 Å². The molecule has 0 unspecified atom stereocenters. The number of ether oxygens (including phenoxy) is 1. The van der Waals surface area contributed by atoms with Crippen molar-refractivity contribution in [3.05, 3.63) is 54.7 Å². The molecule has 1 fully saturated rings. The van der Waals surface area contributed by atoms with E-state index in [2.05, 4.69) is 20.1 Å². The van der Waals surface area contributed by atoms with Gasteiger partial charge in [0.1, 0.15) is 11.5 Å². The Labute approximate surface area is 179 Å². The van der Waals surface area contributed by atoms with E-state index in [-0.39, 0.29) is 18.0 Å². The first-order valence-corrected chi connectivity index (χ1v) is 10.6. The van der Waals surface area contributed by atoms with Crippen LogP contribution in [0.1, 0.15) is 31.7 Å². The van der Waals surface area contributed by atoms with Gasteiger partial charge in [0.2, 0.25) is 0 Å². The van der Waals surface area contributed by atoms with E-state index in [1.54, 1.807) is 22.9 Å². The number of aryl methyl sites for hydroxylation is 1. The Hall–Kier alpha value is -3.42. The zero-order valence-corrected chi connectivity index (χ0v) is 17.6. The summed E-state index contributed by atoms with van der Waals surface area (Å²) >= 11 is 0. The van der Waals surface area contributed by atoms with Crippen LogP contribution in [-0.4, -0.2) is 37.7 Å². The van der Waals surface area contributed by atoms with Gasteiger partial charge in [-0.15, -0.1) is 0 Å². The van der Waals surface area contributed by atoms with Crippen molar-refractivity contribution >= 4 is 16.7 Å². The molecule has 1 N–H and O–H groups in total. The number of nitrogens with one attached hydrogen (secondary N) is 1. The lowest BCUT2D eigenvalue weighted by Crippen LogP contribution is -2.26. The monoisotopic (exact) mass is 420 g/mol. The van der Waals surface area contributed by atoms with Gasteiger partial charge in [-0.1, -0.05) is 12.1 Å². The second-order valence-electron chi connectivity index (χ2n) is 8.01. The molecule has 160 valence electrons. The number of halogens is 1. The van der Waals surface area contributed by atoms with E-state index in [1.807, 2.05) is 38.8 Å². The second-order valence-corrected chi connectivity index (χ2v) is 8.01. The van der Waals surface area contributed by atoms with E-state index in [4.69, 9.17) is 9.84 Å². The summed E-state index contributed by atoms with van der Waals surface area (Å²) in [7, 11) is 3.76. The molecule has 4 aromatic rings. The Morgan fingerprint density at radius 2 is 1.94 bits per heavy atom. The maximum absolute atomic E-state index is 13.9. The summed E-state index contributed by atoms with van der Waals surface area (Å²) in [5.41, 5.74) is 2.92. The topological polar surface area (TPSA) is 69.8 Å². The second kappa shape index (κ2) is 8.02. The van der Waals surface area contributed by atoms with Crippen LogP contribution in [0.15, 0.2) is 48.9 Å². The Balaban J connectivity index is 1.42. The third-order valence-corrected chi connectivity index (χ3v) is 5.95. The van der Waals surface area contributed by atoms with Gasteiger partial charge in [0, 0.05) is 43.5 Å². The van der Waals surface area contributed by atoms with Crippen molar-refractivity contribution in [3.63, 3.8) is 0 Å². The third-order valence-electron chi connectivity index (χ3n) is 5.95. The van der Waals surface area contributed by atoms with Crippen LogP contribution in [-0.2, 0) is 7.05 Å². The molecular weight excluding hydrogens is 395 g/mol. The molecule has 0 aliphatic heterocycles. The van der Waals surface area contributed by atoms with Crippen molar-refractivity contribution in [2.45, 2.75) is 37.8 Å². The molecule has 8 heteroatoms. The van der Waals surface area contributed by atoms with Crippen molar-refractivity contribution in [1.29, 1.82) is 0 Å². The van der Waals surface area contributed by atoms with Gasteiger partial charge in [-0.05, 0) is 37.8 Å². The smallest absolute Gasteiger partial charge is 0.165 e. The fourth-order valence-electron chi connectivity index (χ4n) is 4.33. The van der Waals surface area contributed by atoms with Gasteiger partial charge in [-0.2, -0.15) is 10.2 Å². The van der Waals surface area contributed by atoms with Crippen LogP contribution in [0.2, 0.25) is 0 Å². The molecule has 1 aromatic carbocycles. The molecular formula is C23H25FN6O. The fourth-order valence-corrected chi connectivity index (χ4v) is 4.33. The first-order chi connectivity index (χ1) is 15.1. The summed E-state index contributed by atoms with van der Waals surface area (Å²) in [6.07, 6.45) is 9.23. The highest BCUT2D eigenvalue weighted by Gasteiger charge is 2.27. The highest BCUT2D eigenvalue weighted by molar-refractivity contribution is 5.93. The minimum atomic E-state index is -0.309. The molecule has 0 spiro atoms. The molecule has 3 aromatic heterocycles. The first kappa shape index (κ1) is 19.5. The number of hydrogen-bond acceptors (Lipinski definition) is 5. The molecule has 31 heavy (non-hydrogen) atoms. The highest BCUT2D eigenvalue weighted by atomic mass is 19.1. The van der Waals surface area contributed by atoms with Crippen LogP contribution in [0.25, 0.3) is 22.2 Å². The lowest BCUT2D eigenvalue weighted by atomic mass is 9.93. The summed E-state index contributed by atoms with van der Waals surface area (Å²) in [6, 6.07) is 8.90. The SMILES string of the molecule is CNc1cc2c(cn1)c(-c1cnn(C)c1)nn2[C@H]1CC[C@@H](Oc2ccccc2F)CC1. The standard InChI is InChI=1S/C23H25FN6O/c1-25-22-11-20-18(13-26-22)23(15-12-27-29(2)14-15)28-30(20)16-7-9-17(10-8-16)31-21-6-4-3-5-19(21)24/h3-6,11-14,16-17H,7-10H2,1-2H3,(H,25,26)/t16-,17+. The van der Waals surface area contributed by atoms with Gasteiger partial charge in [0.25, 0.3) is 0 Å². The Bertz CT molecular complexity index is 1210. The summed E-state index contributed by atoms with van der Waals surface area (Å²) in [5.74, 6) is 0.831. The van der Waals surface area contributed by atoms with Gasteiger partial charge < -0.3 is 10.1 Å². The molecule has 0 radical (unpaired) electrons. The van der Waals surface area contributed by atoms with E-state index in [1.165, 1.54) is 6.07 Å². The van der Waals surface area contributed by atoms with E-state index in [9.17, 15) is 4.39 Å². The van der Waals surface area contributed by atoms with Gasteiger partial charge >= 0.3 is 0 Å². The highest BCUT2D eigenvalue weighted by Crippen LogP contribution is 2.36. The van der Waals surface area contributed by atoms with E-state index in [0.717, 1.165) is 53.7 Å². The Kier molecular flexibility index (Phi) is 5.05. The molecule has 0 bridgehead atoms. The number of nitrogens with zero attached hydrogens (tertiary/aromatic N) is 5. The number of hydrogen-bond donors (Lipinski definition) is 1. The number of benzene rings is 1. The zero-order chi connectivity index (χ0) is 21.4. The maximum atomic E-state index is 13.9. The lowest BCUT2D eigenvalue weighted by Gasteiger charge is -2.29. The zero-order valence-electron chi connectivity index (χ0n) is 17.6. The van der Waals surface area contributed by atoms with Gasteiger partial charge in [0.15, 0.2) is 11.6 Å². The number of anilines is 1. The largest absolute Gasteiger partial charge is 0.487 e. The first-order valence-electron chi connectivity index (χ1n) is 10.6.